The van der Waals surface area contributed by atoms with E-state index in [4.69, 9.17) is 5.21 Å². The molecule has 0 unspecified atom stereocenters. The number of amides is 2. The average Bonchev–Trinajstić information content (AvgIpc) is 2.29. The molecule has 0 saturated carbocycles. The lowest BCUT2D eigenvalue weighted by Gasteiger charge is -2.01. The maximum atomic E-state index is 10.9. The summed E-state index contributed by atoms with van der Waals surface area (Å²) >= 11 is 0. The number of hydrogen-bond donors (Lipinski definition) is 1. The number of carbonyl (C=O) groups excluding carboxylic acids is 2. The highest BCUT2D eigenvalue weighted by molar-refractivity contribution is 6.16. The van der Waals surface area contributed by atoms with Gasteiger partial charge in [0, 0.05) is 0 Å². The fourth-order valence-electron chi connectivity index (χ4n) is 0.839. The number of imide groups is 1. The smallest absolute Gasteiger partial charge is 0.324 e. The minimum atomic E-state index is -0.917. The minimum Gasteiger partial charge on any atom is -0.488 e. The van der Waals surface area contributed by atoms with Crippen LogP contribution >= 0.6 is 0 Å². The number of methoxy groups -OCH3 is 2. The largest absolute Gasteiger partial charge is 0.488 e. The van der Waals surface area contributed by atoms with Crippen LogP contribution in [0.1, 0.15) is 0 Å². The van der Waals surface area contributed by atoms with Crippen LogP contribution in [0.5, 0.6) is 0 Å². The van der Waals surface area contributed by atoms with Gasteiger partial charge in [0.1, 0.15) is 0 Å². The molecule has 1 aliphatic heterocycles. The van der Waals surface area contributed by atoms with Crippen molar-refractivity contribution in [3.8, 4) is 0 Å². The molecule has 2 amide bonds. The van der Waals surface area contributed by atoms with Crippen LogP contribution in [0.3, 0.4) is 0 Å². The van der Waals surface area contributed by atoms with Crippen molar-refractivity contribution in [1.82, 2.24) is 5.06 Å². The topological polar surface area (TPSA) is 76.1 Å². The second kappa shape index (κ2) is 2.82. The van der Waals surface area contributed by atoms with E-state index in [0.717, 1.165) is 0 Å². The molecule has 12 heavy (non-hydrogen) atoms. The summed E-state index contributed by atoms with van der Waals surface area (Å²) in [7, 11) is 2.41. The summed E-state index contributed by atoms with van der Waals surface area (Å²) in [4.78, 5) is 21.8. The second-order valence-electron chi connectivity index (χ2n) is 1.99. The minimum absolute atomic E-state index is 0.0579. The van der Waals surface area contributed by atoms with E-state index >= 15 is 0 Å². The summed E-state index contributed by atoms with van der Waals surface area (Å²) in [5.74, 6) is -2.41. The van der Waals surface area contributed by atoms with E-state index in [2.05, 4.69) is 9.47 Å². The van der Waals surface area contributed by atoms with E-state index in [1.165, 1.54) is 14.2 Å². The second-order valence-corrected chi connectivity index (χ2v) is 1.99. The zero-order valence-electron chi connectivity index (χ0n) is 6.53. The molecule has 1 N–H and O–H groups in total. The average molecular weight is 173 g/mol. The molecule has 0 radical (unpaired) electrons. The number of ether oxygens (including phenoxy) is 2. The summed E-state index contributed by atoms with van der Waals surface area (Å²) in [5.41, 5.74) is 0. The van der Waals surface area contributed by atoms with Gasteiger partial charge in [-0.25, -0.2) is 0 Å². The number of hydroxylamine groups is 2. The molecule has 0 aliphatic carbocycles. The Morgan fingerprint density at radius 2 is 1.42 bits per heavy atom. The standard InChI is InChI=1S/C6H7NO5/c1-11-3-4(12-2)6(9)7(10)5(3)8/h10H,1-2H3. The quantitative estimate of drug-likeness (QED) is 0.439. The predicted octanol–water partition coefficient (Wildman–Crippen LogP) is -0.751. The van der Waals surface area contributed by atoms with Gasteiger partial charge < -0.3 is 9.47 Å². The summed E-state index contributed by atoms with van der Waals surface area (Å²) < 4.78 is 9.10. The van der Waals surface area contributed by atoms with Gasteiger partial charge in [0.15, 0.2) is 0 Å². The van der Waals surface area contributed by atoms with Gasteiger partial charge in [0.2, 0.25) is 11.5 Å². The van der Waals surface area contributed by atoms with Crippen LogP contribution < -0.4 is 0 Å². The molecule has 0 fully saturated rings. The Morgan fingerprint density at radius 3 is 1.67 bits per heavy atom. The van der Waals surface area contributed by atoms with Gasteiger partial charge in [0.25, 0.3) is 0 Å². The molecule has 0 spiro atoms. The highest BCUT2D eigenvalue weighted by Gasteiger charge is 2.40. The maximum Gasteiger partial charge on any atom is 0.324 e. The van der Waals surface area contributed by atoms with Crippen LogP contribution in [0.2, 0.25) is 0 Å². The van der Waals surface area contributed by atoms with Crippen LogP contribution in [0.15, 0.2) is 11.5 Å². The van der Waals surface area contributed by atoms with Crippen LogP contribution in [-0.2, 0) is 19.1 Å². The lowest BCUT2D eigenvalue weighted by Crippen LogP contribution is -2.28. The van der Waals surface area contributed by atoms with E-state index in [1.807, 2.05) is 0 Å². The maximum absolute atomic E-state index is 10.9. The zero-order chi connectivity index (χ0) is 9.30. The van der Waals surface area contributed by atoms with Crippen molar-refractivity contribution in [2.75, 3.05) is 14.2 Å². The van der Waals surface area contributed by atoms with Crippen molar-refractivity contribution >= 4 is 11.8 Å². The highest BCUT2D eigenvalue weighted by atomic mass is 16.6. The summed E-state index contributed by atoms with van der Waals surface area (Å²) in [6.45, 7) is 0. The van der Waals surface area contributed by atoms with E-state index in [9.17, 15) is 9.59 Å². The van der Waals surface area contributed by atoms with Gasteiger partial charge in [-0.2, -0.15) is 0 Å². The first-order valence-electron chi connectivity index (χ1n) is 3.03. The SMILES string of the molecule is COC1=C(OC)C(=O)N(O)C1=O. The van der Waals surface area contributed by atoms with Gasteiger partial charge in [-0.05, 0) is 0 Å². The summed E-state index contributed by atoms with van der Waals surface area (Å²) in [5, 5.41) is 8.74. The third-order valence-electron chi connectivity index (χ3n) is 1.39. The van der Waals surface area contributed by atoms with Gasteiger partial charge in [-0.1, -0.05) is 0 Å². The van der Waals surface area contributed by atoms with E-state index in [-0.39, 0.29) is 16.6 Å². The third kappa shape index (κ3) is 0.928. The normalized spacial score (nSPS) is 17.4. The Labute approximate surface area is 67.9 Å². The Hall–Kier alpha value is -1.56. The van der Waals surface area contributed by atoms with Crippen molar-refractivity contribution in [3.05, 3.63) is 11.5 Å². The highest BCUT2D eigenvalue weighted by Crippen LogP contribution is 2.19. The first kappa shape index (κ1) is 8.54. The number of hydrogen-bond acceptors (Lipinski definition) is 5. The van der Waals surface area contributed by atoms with Crippen molar-refractivity contribution in [1.29, 1.82) is 0 Å². The fraction of sp³-hybridized carbons (Fsp3) is 0.333. The van der Waals surface area contributed by atoms with Gasteiger partial charge in [-0.15, -0.1) is 5.06 Å². The van der Waals surface area contributed by atoms with Crippen LogP contribution in [0, 0.1) is 0 Å². The van der Waals surface area contributed by atoms with Crippen molar-refractivity contribution < 1.29 is 24.3 Å². The first-order chi connectivity index (χ1) is 5.63. The van der Waals surface area contributed by atoms with Crippen molar-refractivity contribution in [3.63, 3.8) is 0 Å². The van der Waals surface area contributed by atoms with Gasteiger partial charge in [-0.3, -0.25) is 14.8 Å². The molecule has 0 bridgehead atoms. The Balaban J connectivity index is 3.09. The number of nitrogens with zero attached hydrogens (tertiary/aromatic N) is 1. The lowest BCUT2D eigenvalue weighted by molar-refractivity contribution is -0.172. The molecule has 66 valence electrons. The van der Waals surface area contributed by atoms with E-state index in [1.54, 1.807) is 0 Å². The molecular weight excluding hydrogens is 166 g/mol. The van der Waals surface area contributed by atoms with E-state index < -0.39 is 11.8 Å². The Morgan fingerprint density at radius 1 is 1.08 bits per heavy atom. The predicted molar refractivity (Wildman–Crippen MR) is 34.7 cm³/mol. The molecular formula is C6H7NO5. The molecule has 1 heterocycles. The third-order valence-corrected chi connectivity index (χ3v) is 1.39. The fourth-order valence-corrected chi connectivity index (χ4v) is 0.839. The Bertz CT molecular complexity index is 243. The van der Waals surface area contributed by atoms with Gasteiger partial charge >= 0.3 is 11.8 Å². The molecule has 0 aromatic carbocycles. The van der Waals surface area contributed by atoms with Crippen LogP contribution in [0.4, 0.5) is 0 Å². The monoisotopic (exact) mass is 173 g/mol. The van der Waals surface area contributed by atoms with Gasteiger partial charge in [0.05, 0.1) is 14.2 Å². The van der Waals surface area contributed by atoms with Crippen molar-refractivity contribution in [2.45, 2.75) is 0 Å². The molecule has 0 atom stereocenters. The molecule has 6 heteroatoms. The molecule has 0 aromatic heterocycles. The van der Waals surface area contributed by atoms with E-state index in [0.29, 0.717) is 0 Å². The lowest BCUT2D eigenvalue weighted by atomic mass is 10.4. The molecule has 0 aromatic rings. The molecule has 0 saturated heterocycles. The zero-order valence-corrected chi connectivity index (χ0v) is 6.53. The van der Waals surface area contributed by atoms with Crippen LogP contribution in [-0.4, -0.2) is 36.3 Å². The van der Waals surface area contributed by atoms with Crippen molar-refractivity contribution in [2.24, 2.45) is 0 Å². The Kier molecular flexibility index (Phi) is 2.01. The first-order valence-corrected chi connectivity index (χ1v) is 3.03. The number of rotatable bonds is 2. The molecule has 6 nitrogen and oxygen atoms in total. The van der Waals surface area contributed by atoms with Crippen LogP contribution in [0.25, 0.3) is 0 Å². The summed E-state index contributed by atoms with van der Waals surface area (Å²) in [6, 6.07) is 0. The summed E-state index contributed by atoms with van der Waals surface area (Å²) in [6.07, 6.45) is 0. The number of carbonyl (C=O) groups is 2. The molecule has 1 rings (SSSR count). The molecule has 1 aliphatic rings.